The normalized spacial score (nSPS) is 9.89. The van der Waals surface area contributed by atoms with Gasteiger partial charge in [0, 0.05) is 6.42 Å². The molecule has 4 nitrogen and oxygen atoms in total. The van der Waals surface area contributed by atoms with Gasteiger partial charge in [-0.2, -0.15) is 9.90 Å². The van der Waals surface area contributed by atoms with E-state index in [1.54, 1.807) is 12.1 Å². The highest BCUT2D eigenvalue weighted by Crippen LogP contribution is 2.20. The lowest BCUT2D eigenvalue weighted by Crippen LogP contribution is -2.09. The van der Waals surface area contributed by atoms with Crippen LogP contribution in [0.4, 0.5) is 4.79 Å². The molecule has 0 atom stereocenters. The van der Waals surface area contributed by atoms with E-state index in [1.807, 2.05) is 30.3 Å². The summed E-state index contributed by atoms with van der Waals surface area (Å²) in [6, 6.07) is 15.4. The van der Waals surface area contributed by atoms with E-state index in [-0.39, 0.29) is 23.5 Å². The lowest BCUT2D eigenvalue weighted by Gasteiger charge is -2.06. The maximum absolute atomic E-state index is 12.1. The molecule has 4 heteroatoms. The second kappa shape index (κ2) is 5.82. The highest BCUT2D eigenvalue weighted by atomic mass is 16.7. The highest BCUT2D eigenvalue weighted by molar-refractivity contribution is 6.00. The molecule has 0 aliphatic carbocycles. The van der Waals surface area contributed by atoms with Gasteiger partial charge >= 0.3 is 6.16 Å². The molecular weight excluding hydrogens is 244 g/mol. The Morgan fingerprint density at radius 3 is 2.21 bits per heavy atom. The van der Waals surface area contributed by atoms with E-state index < -0.39 is 6.16 Å². The minimum atomic E-state index is -1.68. The summed E-state index contributed by atoms with van der Waals surface area (Å²) < 4.78 is 4.49. The van der Waals surface area contributed by atoms with Crippen molar-refractivity contribution in [3.05, 3.63) is 65.7 Å². The summed E-state index contributed by atoms with van der Waals surface area (Å²) in [4.78, 5) is 22.6. The molecule has 0 N–H and O–H groups in total. The Balaban J connectivity index is 2.21. The predicted molar refractivity (Wildman–Crippen MR) is 67.6 cm³/mol. The summed E-state index contributed by atoms with van der Waals surface area (Å²) in [5.74, 6) is -0.202. The number of hydrogen-bond acceptors (Lipinski definition) is 3. The van der Waals surface area contributed by atoms with E-state index >= 15 is 0 Å². The van der Waals surface area contributed by atoms with Gasteiger partial charge in [0.1, 0.15) is 5.75 Å². The number of carbonyl (C=O) groups excluding carboxylic acids is 2. The Labute approximate surface area is 110 Å². The molecule has 2 aromatic rings. The molecular formula is C15H11O4. The van der Waals surface area contributed by atoms with Gasteiger partial charge in [-0.15, -0.1) is 0 Å². The van der Waals surface area contributed by atoms with Crippen molar-refractivity contribution in [1.82, 2.24) is 0 Å². The Bertz CT molecular complexity index is 590. The van der Waals surface area contributed by atoms with Crippen molar-refractivity contribution in [1.29, 1.82) is 0 Å². The number of carbonyl (C=O) groups is 2. The number of para-hydroxylation sites is 1. The first-order valence-electron chi connectivity index (χ1n) is 5.72. The van der Waals surface area contributed by atoms with Gasteiger partial charge in [0.25, 0.3) is 0 Å². The lowest BCUT2D eigenvalue weighted by atomic mass is 10.0. The molecule has 95 valence electrons. The van der Waals surface area contributed by atoms with Gasteiger partial charge in [-0.1, -0.05) is 42.5 Å². The van der Waals surface area contributed by atoms with Crippen LogP contribution >= 0.6 is 0 Å². The molecule has 1 radical (unpaired) electrons. The van der Waals surface area contributed by atoms with Gasteiger partial charge in [0.15, 0.2) is 5.78 Å². The quantitative estimate of drug-likeness (QED) is 0.479. The van der Waals surface area contributed by atoms with E-state index in [4.69, 9.17) is 0 Å². The molecule has 0 bridgehead atoms. The summed E-state index contributed by atoms with van der Waals surface area (Å²) in [6.45, 7) is 0. The predicted octanol–water partition coefficient (Wildman–Crippen LogP) is 3.04. The third kappa shape index (κ3) is 3.42. The topological polar surface area (TPSA) is 63.3 Å². The van der Waals surface area contributed by atoms with Crippen molar-refractivity contribution in [3.8, 4) is 5.75 Å². The van der Waals surface area contributed by atoms with Crippen molar-refractivity contribution in [3.63, 3.8) is 0 Å². The van der Waals surface area contributed by atoms with Gasteiger partial charge < -0.3 is 4.74 Å². The first kappa shape index (κ1) is 12.8. The van der Waals surface area contributed by atoms with Crippen molar-refractivity contribution in [2.75, 3.05) is 0 Å². The fourth-order valence-electron chi connectivity index (χ4n) is 1.75. The van der Waals surface area contributed by atoms with Crippen LogP contribution in [0.5, 0.6) is 5.75 Å². The lowest BCUT2D eigenvalue weighted by molar-refractivity contribution is 0.0984. The first-order chi connectivity index (χ1) is 9.16. The van der Waals surface area contributed by atoms with E-state index in [9.17, 15) is 14.7 Å². The summed E-state index contributed by atoms with van der Waals surface area (Å²) in [7, 11) is 0. The maximum Gasteiger partial charge on any atom is 0.555 e. The fraction of sp³-hybridized carbons (Fsp3) is 0.0667. The van der Waals surface area contributed by atoms with E-state index in [2.05, 4.69) is 4.74 Å². The fourth-order valence-corrected chi connectivity index (χ4v) is 1.75. The van der Waals surface area contributed by atoms with Crippen molar-refractivity contribution < 1.29 is 19.4 Å². The molecule has 0 saturated heterocycles. The summed E-state index contributed by atoms with van der Waals surface area (Å²) in [5.41, 5.74) is 1.09. The molecule has 2 aromatic carbocycles. The van der Waals surface area contributed by atoms with Gasteiger partial charge in [-0.3, -0.25) is 4.79 Å². The van der Waals surface area contributed by atoms with Crippen LogP contribution in [0, 0.1) is 0 Å². The molecule has 0 aliphatic heterocycles. The van der Waals surface area contributed by atoms with Gasteiger partial charge in [0.05, 0.1) is 5.56 Å². The van der Waals surface area contributed by atoms with Crippen LogP contribution in [-0.4, -0.2) is 11.9 Å². The first-order valence-corrected chi connectivity index (χ1v) is 5.72. The third-order valence-electron chi connectivity index (χ3n) is 2.59. The molecule has 2 rings (SSSR count). The Hall–Kier alpha value is -2.62. The SMILES string of the molecule is [O]C(=O)Oc1ccccc1C(=O)Cc1ccccc1. The van der Waals surface area contributed by atoms with E-state index in [0.29, 0.717) is 0 Å². The van der Waals surface area contributed by atoms with Crippen LogP contribution in [0.15, 0.2) is 54.6 Å². The van der Waals surface area contributed by atoms with Gasteiger partial charge in [-0.25, -0.2) is 0 Å². The van der Waals surface area contributed by atoms with Crippen LogP contribution in [0.2, 0.25) is 0 Å². The molecule has 0 heterocycles. The highest BCUT2D eigenvalue weighted by Gasteiger charge is 2.15. The van der Waals surface area contributed by atoms with Gasteiger partial charge in [-0.05, 0) is 17.7 Å². The zero-order valence-electron chi connectivity index (χ0n) is 10.0. The minimum absolute atomic E-state index is 0.00318. The smallest absolute Gasteiger partial charge is 0.392 e. The molecule has 0 amide bonds. The van der Waals surface area contributed by atoms with Crippen LogP contribution in [0.3, 0.4) is 0 Å². The number of Topliss-reactive ketones (excluding diaryl/α,β-unsaturated/α-hetero) is 1. The van der Waals surface area contributed by atoms with Crippen molar-refractivity contribution in [2.24, 2.45) is 0 Å². The Morgan fingerprint density at radius 2 is 1.53 bits per heavy atom. The van der Waals surface area contributed by atoms with Crippen molar-refractivity contribution in [2.45, 2.75) is 6.42 Å². The summed E-state index contributed by atoms with van der Waals surface area (Å²) in [5, 5.41) is 10.5. The molecule has 0 fully saturated rings. The molecule has 0 aliphatic rings. The van der Waals surface area contributed by atoms with Crippen LogP contribution in [-0.2, 0) is 11.5 Å². The van der Waals surface area contributed by atoms with Crippen LogP contribution < -0.4 is 4.74 Å². The number of hydrogen-bond donors (Lipinski definition) is 0. The van der Waals surface area contributed by atoms with Crippen molar-refractivity contribution >= 4 is 11.9 Å². The van der Waals surface area contributed by atoms with Gasteiger partial charge in [0.2, 0.25) is 0 Å². The molecule has 19 heavy (non-hydrogen) atoms. The summed E-state index contributed by atoms with van der Waals surface area (Å²) in [6.07, 6.45) is -1.49. The largest absolute Gasteiger partial charge is 0.555 e. The minimum Gasteiger partial charge on any atom is -0.392 e. The second-order valence-electron chi connectivity index (χ2n) is 3.93. The molecule has 0 unspecified atom stereocenters. The van der Waals surface area contributed by atoms with Crippen LogP contribution in [0.1, 0.15) is 15.9 Å². The zero-order chi connectivity index (χ0) is 13.7. The van der Waals surface area contributed by atoms with E-state index in [0.717, 1.165) is 5.56 Å². The Kier molecular flexibility index (Phi) is 3.93. The number of ether oxygens (including phenoxy) is 1. The van der Waals surface area contributed by atoms with Crippen LogP contribution in [0.25, 0.3) is 0 Å². The standard InChI is InChI=1S/C15H11O4/c16-13(10-11-6-2-1-3-7-11)12-8-4-5-9-14(12)19-15(17)18/h1-9H,10H2. The summed E-state index contributed by atoms with van der Waals surface area (Å²) >= 11 is 0. The molecule has 0 aromatic heterocycles. The third-order valence-corrected chi connectivity index (χ3v) is 2.59. The average molecular weight is 255 g/mol. The number of rotatable bonds is 4. The van der Waals surface area contributed by atoms with E-state index in [1.165, 1.54) is 12.1 Å². The number of ketones is 1. The average Bonchev–Trinajstić information content (AvgIpc) is 2.39. The molecule has 0 saturated carbocycles. The second-order valence-corrected chi connectivity index (χ2v) is 3.93. The Morgan fingerprint density at radius 1 is 0.895 bits per heavy atom. The maximum atomic E-state index is 12.1. The molecule has 0 spiro atoms. The zero-order valence-corrected chi connectivity index (χ0v) is 10.0. The number of benzene rings is 2. The monoisotopic (exact) mass is 255 g/mol.